The van der Waals surface area contributed by atoms with Gasteiger partial charge < -0.3 is 9.64 Å². The maximum absolute atomic E-state index is 13.1. The Morgan fingerprint density at radius 1 is 1.09 bits per heavy atom. The van der Waals surface area contributed by atoms with E-state index in [-0.39, 0.29) is 11.7 Å². The highest BCUT2D eigenvalue weighted by Gasteiger charge is 2.32. The Kier molecular flexibility index (Phi) is 3.92. The lowest BCUT2D eigenvalue weighted by Crippen LogP contribution is -2.26. The molecular weight excluding hydrogens is 281 g/mol. The lowest BCUT2D eigenvalue weighted by Gasteiger charge is -2.16. The van der Waals surface area contributed by atoms with Crippen molar-refractivity contribution in [3.8, 4) is 0 Å². The molecule has 0 atom stereocenters. The van der Waals surface area contributed by atoms with Crippen molar-refractivity contribution >= 4 is 11.5 Å². The minimum atomic E-state index is -0.324. The van der Waals surface area contributed by atoms with Gasteiger partial charge in [-0.3, -0.25) is 4.79 Å². The zero-order valence-electron chi connectivity index (χ0n) is 12.3. The van der Waals surface area contributed by atoms with E-state index in [2.05, 4.69) is 0 Å². The summed E-state index contributed by atoms with van der Waals surface area (Å²) in [6.07, 6.45) is 0. The summed E-state index contributed by atoms with van der Waals surface area (Å²) in [5.41, 5.74) is 2.25. The smallest absolute Gasteiger partial charge is 0.258 e. The van der Waals surface area contributed by atoms with Crippen LogP contribution in [0.5, 0.6) is 0 Å². The molecule has 0 unspecified atom stereocenters. The third-order valence-corrected chi connectivity index (χ3v) is 3.71. The van der Waals surface area contributed by atoms with Gasteiger partial charge in [0, 0.05) is 6.54 Å². The average molecular weight is 297 g/mol. The first-order chi connectivity index (χ1) is 10.7. The van der Waals surface area contributed by atoms with Crippen molar-refractivity contribution in [1.29, 1.82) is 0 Å². The largest absolute Gasteiger partial charge is 0.498 e. The molecule has 1 amide bonds. The summed E-state index contributed by atoms with van der Waals surface area (Å²) in [6, 6.07) is 15.7. The Morgan fingerprint density at radius 2 is 1.77 bits per heavy atom. The number of halogens is 1. The minimum Gasteiger partial charge on any atom is -0.498 e. The maximum Gasteiger partial charge on any atom is 0.258 e. The van der Waals surface area contributed by atoms with E-state index in [4.69, 9.17) is 4.74 Å². The van der Waals surface area contributed by atoms with Crippen molar-refractivity contribution in [2.75, 3.05) is 13.7 Å². The summed E-state index contributed by atoms with van der Waals surface area (Å²) >= 11 is 0. The molecular formula is C18H16FNO2. The molecule has 0 fully saturated rings. The second-order valence-electron chi connectivity index (χ2n) is 5.16. The van der Waals surface area contributed by atoms with Crippen molar-refractivity contribution < 1.29 is 13.9 Å². The monoisotopic (exact) mass is 297 g/mol. The predicted octanol–water partition coefficient (Wildman–Crippen LogP) is 3.23. The molecule has 0 aliphatic carbocycles. The van der Waals surface area contributed by atoms with Crippen molar-refractivity contribution in [2.45, 2.75) is 6.54 Å². The Morgan fingerprint density at radius 3 is 2.41 bits per heavy atom. The number of carbonyl (C=O) groups excluding carboxylic acids is 1. The zero-order chi connectivity index (χ0) is 15.5. The van der Waals surface area contributed by atoms with Gasteiger partial charge >= 0.3 is 0 Å². The second kappa shape index (κ2) is 6.02. The van der Waals surface area contributed by atoms with Crippen LogP contribution in [0.1, 0.15) is 11.1 Å². The van der Waals surface area contributed by atoms with Gasteiger partial charge in [0.25, 0.3) is 5.91 Å². The van der Waals surface area contributed by atoms with Gasteiger partial charge in [0.2, 0.25) is 0 Å². The van der Waals surface area contributed by atoms with Gasteiger partial charge in [0.15, 0.2) is 0 Å². The van der Waals surface area contributed by atoms with Gasteiger partial charge in [-0.15, -0.1) is 0 Å². The standard InChI is InChI=1S/C18H16FNO2/c1-22-16-12-20(11-13-5-3-2-4-6-13)18(21)17(16)14-7-9-15(19)10-8-14/h2-10H,11-12H2,1H3. The fraction of sp³-hybridized carbons (Fsp3) is 0.167. The van der Waals surface area contributed by atoms with Gasteiger partial charge in [0.05, 0.1) is 19.2 Å². The maximum atomic E-state index is 13.1. The number of hydrogen-bond acceptors (Lipinski definition) is 2. The van der Waals surface area contributed by atoms with E-state index in [0.717, 1.165) is 5.56 Å². The molecule has 0 radical (unpaired) electrons. The third kappa shape index (κ3) is 2.72. The highest BCUT2D eigenvalue weighted by Crippen LogP contribution is 2.29. The SMILES string of the molecule is COC1=C(c2ccc(F)cc2)C(=O)N(Cc2ccccc2)C1. The van der Waals surface area contributed by atoms with Crippen LogP contribution in [-0.2, 0) is 16.1 Å². The molecule has 3 rings (SSSR count). The predicted molar refractivity (Wildman–Crippen MR) is 82.2 cm³/mol. The van der Waals surface area contributed by atoms with Gasteiger partial charge in [-0.05, 0) is 23.3 Å². The summed E-state index contributed by atoms with van der Waals surface area (Å²) < 4.78 is 18.4. The molecule has 2 aromatic rings. The van der Waals surface area contributed by atoms with E-state index in [9.17, 15) is 9.18 Å². The minimum absolute atomic E-state index is 0.0905. The number of carbonyl (C=O) groups is 1. The molecule has 0 aromatic heterocycles. The van der Waals surface area contributed by atoms with Crippen LogP contribution in [0, 0.1) is 5.82 Å². The molecule has 22 heavy (non-hydrogen) atoms. The van der Waals surface area contributed by atoms with Crippen LogP contribution in [0.25, 0.3) is 5.57 Å². The van der Waals surface area contributed by atoms with E-state index >= 15 is 0 Å². The second-order valence-corrected chi connectivity index (χ2v) is 5.16. The van der Waals surface area contributed by atoms with Gasteiger partial charge in [-0.2, -0.15) is 0 Å². The molecule has 0 saturated carbocycles. The van der Waals surface area contributed by atoms with Gasteiger partial charge in [-0.1, -0.05) is 42.5 Å². The Labute approximate surface area is 128 Å². The first kappa shape index (κ1) is 14.3. The molecule has 0 saturated heterocycles. The van der Waals surface area contributed by atoms with E-state index in [1.165, 1.54) is 12.1 Å². The van der Waals surface area contributed by atoms with Crippen LogP contribution in [0.2, 0.25) is 0 Å². The van der Waals surface area contributed by atoms with Crippen LogP contribution >= 0.6 is 0 Å². The van der Waals surface area contributed by atoms with E-state index in [1.807, 2.05) is 30.3 Å². The molecule has 3 nitrogen and oxygen atoms in total. The number of hydrogen-bond donors (Lipinski definition) is 0. The molecule has 0 spiro atoms. The van der Waals surface area contributed by atoms with E-state index in [1.54, 1.807) is 24.1 Å². The molecule has 2 aromatic carbocycles. The van der Waals surface area contributed by atoms with Crippen molar-refractivity contribution in [3.63, 3.8) is 0 Å². The molecule has 0 bridgehead atoms. The Bertz CT molecular complexity index is 708. The number of benzene rings is 2. The molecule has 112 valence electrons. The number of methoxy groups -OCH3 is 1. The Balaban J connectivity index is 1.86. The summed E-state index contributed by atoms with van der Waals surface area (Å²) in [7, 11) is 1.55. The van der Waals surface area contributed by atoms with Crippen LogP contribution in [0.4, 0.5) is 4.39 Å². The number of nitrogens with zero attached hydrogens (tertiary/aromatic N) is 1. The van der Waals surface area contributed by atoms with Gasteiger partial charge in [-0.25, -0.2) is 4.39 Å². The fourth-order valence-electron chi connectivity index (χ4n) is 2.60. The van der Waals surface area contributed by atoms with Crippen molar-refractivity contribution in [2.24, 2.45) is 0 Å². The lowest BCUT2D eigenvalue weighted by molar-refractivity contribution is -0.124. The first-order valence-corrected chi connectivity index (χ1v) is 7.05. The lowest BCUT2D eigenvalue weighted by atomic mass is 10.1. The highest BCUT2D eigenvalue weighted by molar-refractivity contribution is 6.22. The topological polar surface area (TPSA) is 29.5 Å². The number of ether oxygens (including phenoxy) is 1. The average Bonchev–Trinajstić information content (AvgIpc) is 2.85. The summed E-state index contributed by atoms with van der Waals surface area (Å²) in [5.74, 6) is 0.203. The zero-order valence-corrected chi connectivity index (χ0v) is 12.3. The first-order valence-electron chi connectivity index (χ1n) is 7.05. The van der Waals surface area contributed by atoms with Gasteiger partial charge in [0.1, 0.15) is 11.6 Å². The quantitative estimate of drug-likeness (QED) is 0.867. The summed E-state index contributed by atoms with van der Waals surface area (Å²) in [4.78, 5) is 14.4. The van der Waals surface area contributed by atoms with Crippen molar-refractivity contribution in [1.82, 2.24) is 4.90 Å². The highest BCUT2D eigenvalue weighted by atomic mass is 19.1. The van der Waals surface area contributed by atoms with Crippen molar-refractivity contribution in [3.05, 3.63) is 77.3 Å². The molecule has 1 aliphatic rings. The molecule has 1 aliphatic heterocycles. The van der Waals surface area contributed by atoms with Crippen LogP contribution < -0.4 is 0 Å². The normalized spacial score (nSPS) is 14.6. The van der Waals surface area contributed by atoms with Crippen LogP contribution in [0.15, 0.2) is 60.4 Å². The summed E-state index contributed by atoms with van der Waals surface area (Å²) in [6.45, 7) is 0.953. The summed E-state index contributed by atoms with van der Waals surface area (Å²) in [5, 5.41) is 0. The van der Waals surface area contributed by atoms with Crippen LogP contribution in [0.3, 0.4) is 0 Å². The third-order valence-electron chi connectivity index (χ3n) is 3.71. The fourth-order valence-corrected chi connectivity index (χ4v) is 2.60. The molecule has 4 heteroatoms. The Hall–Kier alpha value is -2.62. The number of rotatable bonds is 4. The van der Waals surface area contributed by atoms with Crippen LogP contribution in [-0.4, -0.2) is 24.5 Å². The molecule has 0 N–H and O–H groups in total. The van der Waals surface area contributed by atoms with E-state index in [0.29, 0.717) is 30.0 Å². The molecule has 1 heterocycles. The number of amides is 1. The van der Waals surface area contributed by atoms with E-state index < -0.39 is 0 Å².